The molecule has 104 valence electrons. The number of carbonyl (C=O) groups excluding carboxylic acids is 1. The molecule has 0 heterocycles. The van der Waals surface area contributed by atoms with Crippen molar-refractivity contribution < 1.29 is 4.79 Å². The lowest BCUT2D eigenvalue weighted by Gasteiger charge is -2.08. The van der Waals surface area contributed by atoms with Crippen LogP contribution >= 0.6 is 0 Å². The number of benzene rings is 2. The van der Waals surface area contributed by atoms with Gasteiger partial charge in [0.25, 0.3) is 0 Å². The van der Waals surface area contributed by atoms with Crippen molar-refractivity contribution in [2.75, 3.05) is 0 Å². The van der Waals surface area contributed by atoms with Crippen molar-refractivity contribution in [3.8, 4) is 0 Å². The summed E-state index contributed by atoms with van der Waals surface area (Å²) in [6.45, 7) is 6.25. The molecule has 0 aliphatic carbocycles. The lowest BCUT2D eigenvalue weighted by Crippen LogP contribution is -2.04. The van der Waals surface area contributed by atoms with Crippen LogP contribution in [0.1, 0.15) is 52.4 Å². The van der Waals surface area contributed by atoms with E-state index in [-0.39, 0.29) is 5.78 Å². The lowest BCUT2D eigenvalue weighted by atomic mass is 9.95. The summed E-state index contributed by atoms with van der Waals surface area (Å²) in [5, 5.41) is 0. The van der Waals surface area contributed by atoms with E-state index in [9.17, 15) is 4.79 Å². The van der Waals surface area contributed by atoms with Crippen LogP contribution in [0.5, 0.6) is 0 Å². The minimum absolute atomic E-state index is 0.119. The molecule has 1 nitrogen and oxygen atoms in total. The number of hydrogen-bond donors (Lipinski definition) is 0. The molecule has 0 aromatic heterocycles. The van der Waals surface area contributed by atoms with Gasteiger partial charge in [0, 0.05) is 11.1 Å². The number of carbonyl (C=O) groups is 1. The third kappa shape index (κ3) is 3.16. The summed E-state index contributed by atoms with van der Waals surface area (Å²) in [4.78, 5) is 12.5. The van der Waals surface area contributed by atoms with Gasteiger partial charge < -0.3 is 0 Å². The first-order valence-corrected chi connectivity index (χ1v) is 7.33. The summed E-state index contributed by atoms with van der Waals surface area (Å²) in [6.07, 6.45) is 3.49. The Morgan fingerprint density at radius 2 is 1.70 bits per heavy atom. The SMILES string of the molecule is CCCCc1ccc(C(=O)c2cccc(C)c2C)cc1. The smallest absolute Gasteiger partial charge is 0.193 e. The van der Waals surface area contributed by atoms with Crippen LogP contribution in [0.4, 0.5) is 0 Å². The van der Waals surface area contributed by atoms with Crippen molar-refractivity contribution >= 4 is 5.78 Å². The summed E-state index contributed by atoms with van der Waals surface area (Å²) in [7, 11) is 0. The third-order valence-electron chi connectivity index (χ3n) is 3.88. The zero-order valence-corrected chi connectivity index (χ0v) is 12.6. The first-order valence-electron chi connectivity index (χ1n) is 7.33. The summed E-state index contributed by atoms with van der Waals surface area (Å²) < 4.78 is 0. The Morgan fingerprint density at radius 1 is 1.00 bits per heavy atom. The van der Waals surface area contributed by atoms with E-state index in [2.05, 4.69) is 19.1 Å². The van der Waals surface area contributed by atoms with Crippen LogP contribution in [0.3, 0.4) is 0 Å². The van der Waals surface area contributed by atoms with Gasteiger partial charge in [-0.3, -0.25) is 4.79 Å². The monoisotopic (exact) mass is 266 g/mol. The second-order valence-corrected chi connectivity index (χ2v) is 5.38. The molecule has 20 heavy (non-hydrogen) atoms. The lowest BCUT2D eigenvalue weighted by molar-refractivity contribution is 0.103. The van der Waals surface area contributed by atoms with Gasteiger partial charge in [-0.1, -0.05) is 55.8 Å². The minimum atomic E-state index is 0.119. The number of hydrogen-bond acceptors (Lipinski definition) is 1. The van der Waals surface area contributed by atoms with E-state index >= 15 is 0 Å². The number of aryl methyl sites for hydroxylation is 2. The predicted octanol–water partition coefficient (Wildman–Crippen LogP) is 4.88. The van der Waals surface area contributed by atoms with Crippen molar-refractivity contribution in [2.24, 2.45) is 0 Å². The van der Waals surface area contributed by atoms with Gasteiger partial charge >= 0.3 is 0 Å². The molecule has 0 amide bonds. The van der Waals surface area contributed by atoms with E-state index in [0.29, 0.717) is 0 Å². The second kappa shape index (κ2) is 6.51. The summed E-state index contributed by atoms with van der Waals surface area (Å²) >= 11 is 0. The first-order chi connectivity index (χ1) is 9.63. The molecule has 0 aliphatic rings. The van der Waals surface area contributed by atoms with Crippen LogP contribution < -0.4 is 0 Å². The van der Waals surface area contributed by atoms with Gasteiger partial charge in [0.1, 0.15) is 0 Å². The van der Waals surface area contributed by atoms with Crippen molar-refractivity contribution in [1.82, 2.24) is 0 Å². The Balaban J connectivity index is 2.23. The van der Waals surface area contributed by atoms with Crippen LogP contribution in [-0.2, 0) is 6.42 Å². The standard InChI is InChI=1S/C19H22O/c1-4-5-8-16-10-12-17(13-11-16)19(20)18-9-6-7-14(2)15(18)3/h6-7,9-13H,4-5,8H2,1-3H3. The van der Waals surface area contributed by atoms with E-state index < -0.39 is 0 Å². The third-order valence-corrected chi connectivity index (χ3v) is 3.88. The number of rotatable bonds is 5. The maximum absolute atomic E-state index is 12.5. The topological polar surface area (TPSA) is 17.1 Å². The predicted molar refractivity (Wildman–Crippen MR) is 84.4 cm³/mol. The fourth-order valence-corrected chi connectivity index (χ4v) is 2.36. The molecule has 2 rings (SSSR count). The molecular formula is C19H22O. The minimum Gasteiger partial charge on any atom is -0.289 e. The average molecular weight is 266 g/mol. The van der Waals surface area contributed by atoms with E-state index in [1.807, 2.05) is 44.2 Å². The van der Waals surface area contributed by atoms with Crippen LogP contribution in [0.15, 0.2) is 42.5 Å². The van der Waals surface area contributed by atoms with E-state index in [1.165, 1.54) is 18.4 Å². The van der Waals surface area contributed by atoms with Crippen molar-refractivity contribution in [3.05, 3.63) is 70.3 Å². The molecule has 0 saturated heterocycles. The molecule has 0 saturated carbocycles. The normalized spacial score (nSPS) is 10.6. The van der Waals surface area contributed by atoms with Crippen molar-refractivity contribution in [2.45, 2.75) is 40.0 Å². The molecule has 2 aromatic carbocycles. The highest BCUT2D eigenvalue weighted by atomic mass is 16.1. The molecule has 2 aromatic rings. The molecule has 0 atom stereocenters. The Morgan fingerprint density at radius 3 is 2.35 bits per heavy atom. The molecule has 0 N–H and O–H groups in total. The van der Waals surface area contributed by atoms with Crippen LogP contribution in [0.25, 0.3) is 0 Å². The van der Waals surface area contributed by atoms with E-state index in [1.54, 1.807) is 0 Å². The Bertz CT molecular complexity index is 594. The fraction of sp³-hybridized carbons (Fsp3) is 0.316. The summed E-state index contributed by atoms with van der Waals surface area (Å²) in [5.41, 5.74) is 5.14. The first kappa shape index (κ1) is 14.5. The largest absolute Gasteiger partial charge is 0.289 e. The Labute approximate surface area is 121 Å². The maximum atomic E-state index is 12.5. The van der Waals surface area contributed by atoms with Crippen LogP contribution in [-0.4, -0.2) is 5.78 Å². The van der Waals surface area contributed by atoms with Crippen molar-refractivity contribution in [3.63, 3.8) is 0 Å². The molecule has 1 heteroatoms. The molecular weight excluding hydrogens is 244 g/mol. The summed E-state index contributed by atoms with van der Waals surface area (Å²) in [6, 6.07) is 14.0. The quantitative estimate of drug-likeness (QED) is 0.705. The highest BCUT2D eigenvalue weighted by molar-refractivity contribution is 6.10. The number of unbranched alkanes of at least 4 members (excludes halogenated alkanes) is 1. The Hall–Kier alpha value is -1.89. The van der Waals surface area contributed by atoms with E-state index in [0.717, 1.165) is 28.7 Å². The van der Waals surface area contributed by atoms with Crippen molar-refractivity contribution in [1.29, 1.82) is 0 Å². The van der Waals surface area contributed by atoms with Gasteiger partial charge in [-0.15, -0.1) is 0 Å². The number of ketones is 1. The van der Waals surface area contributed by atoms with Gasteiger partial charge in [0.15, 0.2) is 5.78 Å². The summed E-state index contributed by atoms with van der Waals surface area (Å²) in [5.74, 6) is 0.119. The second-order valence-electron chi connectivity index (χ2n) is 5.38. The molecule has 0 spiro atoms. The van der Waals surface area contributed by atoms with Gasteiger partial charge in [0.05, 0.1) is 0 Å². The zero-order valence-electron chi connectivity index (χ0n) is 12.6. The molecule has 0 radical (unpaired) electrons. The molecule has 0 fully saturated rings. The zero-order chi connectivity index (χ0) is 14.5. The highest BCUT2D eigenvalue weighted by Gasteiger charge is 2.12. The average Bonchev–Trinajstić information content (AvgIpc) is 2.48. The Kier molecular flexibility index (Phi) is 4.73. The van der Waals surface area contributed by atoms with Gasteiger partial charge in [-0.2, -0.15) is 0 Å². The van der Waals surface area contributed by atoms with Gasteiger partial charge in [0.2, 0.25) is 0 Å². The molecule has 0 bridgehead atoms. The molecule has 0 aliphatic heterocycles. The van der Waals surface area contributed by atoms with E-state index in [4.69, 9.17) is 0 Å². The van der Waals surface area contributed by atoms with Gasteiger partial charge in [-0.25, -0.2) is 0 Å². The van der Waals surface area contributed by atoms with Gasteiger partial charge in [-0.05, 0) is 43.4 Å². The van der Waals surface area contributed by atoms with Crippen LogP contribution in [0.2, 0.25) is 0 Å². The molecule has 0 unspecified atom stereocenters. The fourth-order valence-electron chi connectivity index (χ4n) is 2.36. The highest BCUT2D eigenvalue weighted by Crippen LogP contribution is 2.18. The maximum Gasteiger partial charge on any atom is 0.193 e. The van der Waals surface area contributed by atoms with Crippen LogP contribution in [0, 0.1) is 13.8 Å².